The van der Waals surface area contributed by atoms with Gasteiger partial charge in [-0.3, -0.25) is 4.79 Å². The second kappa shape index (κ2) is 6.49. The van der Waals surface area contributed by atoms with Crippen LogP contribution < -0.4 is 10.9 Å². The molecule has 0 aliphatic rings. The van der Waals surface area contributed by atoms with Gasteiger partial charge in [0, 0.05) is 5.39 Å². The number of hydrogen-bond acceptors (Lipinski definition) is 3. The number of aryl methyl sites for hydroxylation is 1. The molecule has 3 aromatic rings. The van der Waals surface area contributed by atoms with Gasteiger partial charge in [-0.2, -0.15) is 13.2 Å². The summed E-state index contributed by atoms with van der Waals surface area (Å²) in [6.07, 6.45) is -4.59. The van der Waals surface area contributed by atoms with E-state index in [2.05, 4.69) is 5.32 Å². The van der Waals surface area contributed by atoms with E-state index in [1.807, 2.05) is 6.92 Å². The summed E-state index contributed by atoms with van der Waals surface area (Å²) in [5.41, 5.74) is -1.28. The zero-order chi connectivity index (χ0) is 19.1. The van der Waals surface area contributed by atoms with Gasteiger partial charge < -0.3 is 9.73 Å². The summed E-state index contributed by atoms with van der Waals surface area (Å²) in [6.45, 7) is 1.83. The lowest BCUT2D eigenvalue weighted by molar-refractivity contribution is -0.137. The largest absolute Gasteiger partial charge is 0.422 e. The highest BCUT2D eigenvalue weighted by Crippen LogP contribution is 2.34. The summed E-state index contributed by atoms with van der Waals surface area (Å²) in [6, 6.07) is 8.90. The van der Waals surface area contributed by atoms with E-state index in [0.717, 1.165) is 17.7 Å². The number of benzene rings is 2. The summed E-state index contributed by atoms with van der Waals surface area (Å²) in [7, 11) is 0. The lowest BCUT2D eigenvalue weighted by atomic mass is 10.1. The number of carbonyl (C=O) groups is 1. The van der Waals surface area contributed by atoms with E-state index >= 15 is 0 Å². The van der Waals surface area contributed by atoms with Crippen molar-refractivity contribution in [2.24, 2.45) is 0 Å². The van der Waals surface area contributed by atoms with Crippen LogP contribution in [0.1, 0.15) is 21.5 Å². The van der Waals surface area contributed by atoms with Crippen LogP contribution in [0.15, 0.2) is 51.7 Å². The lowest BCUT2D eigenvalue weighted by Gasteiger charge is -2.11. The van der Waals surface area contributed by atoms with Gasteiger partial charge in [0.15, 0.2) is 0 Å². The number of rotatable bonds is 2. The molecule has 0 unspecified atom stereocenters. The Labute approximate surface area is 150 Å². The van der Waals surface area contributed by atoms with Crippen molar-refractivity contribution in [3.05, 3.63) is 74.6 Å². The molecular weight excluding hydrogens is 371 g/mol. The van der Waals surface area contributed by atoms with Crippen molar-refractivity contribution < 1.29 is 22.4 Å². The van der Waals surface area contributed by atoms with E-state index in [1.54, 1.807) is 18.2 Å². The number of carbonyl (C=O) groups excluding carboxylic acids is 1. The SMILES string of the molecule is Cc1ccc2oc(=O)c(C(=O)Nc3cc(C(F)(F)F)ccc3Cl)cc2c1. The van der Waals surface area contributed by atoms with Gasteiger partial charge >= 0.3 is 11.8 Å². The number of nitrogens with one attached hydrogen (secondary N) is 1. The van der Waals surface area contributed by atoms with Crippen LogP contribution in [0.2, 0.25) is 5.02 Å². The fraction of sp³-hybridized carbons (Fsp3) is 0.111. The van der Waals surface area contributed by atoms with E-state index in [9.17, 15) is 22.8 Å². The first kappa shape index (κ1) is 18.0. The van der Waals surface area contributed by atoms with Gasteiger partial charge in [-0.15, -0.1) is 0 Å². The molecule has 3 rings (SSSR count). The van der Waals surface area contributed by atoms with Crippen molar-refractivity contribution in [1.29, 1.82) is 0 Å². The molecule has 0 saturated carbocycles. The normalized spacial score (nSPS) is 11.6. The Morgan fingerprint density at radius 2 is 1.85 bits per heavy atom. The minimum atomic E-state index is -4.59. The van der Waals surface area contributed by atoms with Crippen LogP contribution in [0.5, 0.6) is 0 Å². The summed E-state index contributed by atoms with van der Waals surface area (Å²) in [4.78, 5) is 24.4. The minimum absolute atomic E-state index is 0.0904. The fourth-order valence-corrected chi connectivity index (χ4v) is 2.55. The van der Waals surface area contributed by atoms with Crippen molar-refractivity contribution in [2.75, 3.05) is 5.32 Å². The van der Waals surface area contributed by atoms with Crippen molar-refractivity contribution in [1.82, 2.24) is 0 Å². The van der Waals surface area contributed by atoms with Crippen molar-refractivity contribution in [2.45, 2.75) is 13.1 Å². The standard InChI is InChI=1S/C18H11ClF3NO3/c1-9-2-5-15-10(6-9)7-12(17(25)26-15)16(24)23-14-8-11(18(20,21)22)3-4-13(14)19/h2-8H,1H3,(H,23,24). The third-order valence-electron chi connectivity index (χ3n) is 3.67. The number of fused-ring (bicyclic) bond motifs is 1. The Kier molecular flexibility index (Phi) is 4.50. The van der Waals surface area contributed by atoms with Gasteiger partial charge in [0.25, 0.3) is 5.91 Å². The minimum Gasteiger partial charge on any atom is -0.422 e. The Bertz CT molecular complexity index is 1070. The maximum atomic E-state index is 12.8. The van der Waals surface area contributed by atoms with E-state index in [1.165, 1.54) is 6.07 Å². The highest BCUT2D eigenvalue weighted by atomic mass is 35.5. The van der Waals surface area contributed by atoms with Gasteiger partial charge in [0.1, 0.15) is 11.1 Å². The molecule has 1 aromatic heterocycles. The van der Waals surface area contributed by atoms with Gasteiger partial charge in [-0.05, 0) is 43.3 Å². The van der Waals surface area contributed by atoms with Crippen molar-refractivity contribution >= 4 is 34.2 Å². The Hall–Kier alpha value is -2.80. The molecule has 8 heteroatoms. The van der Waals surface area contributed by atoms with Crippen LogP contribution in [-0.4, -0.2) is 5.91 Å². The van der Waals surface area contributed by atoms with Crippen molar-refractivity contribution in [3.63, 3.8) is 0 Å². The molecular formula is C18H11ClF3NO3. The zero-order valence-electron chi connectivity index (χ0n) is 13.3. The zero-order valence-corrected chi connectivity index (χ0v) is 14.0. The third-order valence-corrected chi connectivity index (χ3v) is 4.00. The number of anilines is 1. The molecule has 1 amide bonds. The van der Waals surface area contributed by atoms with Crippen LogP contribution in [-0.2, 0) is 6.18 Å². The highest BCUT2D eigenvalue weighted by molar-refractivity contribution is 6.34. The Balaban J connectivity index is 1.99. The second-order valence-electron chi connectivity index (χ2n) is 5.64. The number of hydrogen-bond donors (Lipinski definition) is 1. The molecule has 0 saturated heterocycles. The molecule has 0 bridgehead atoms. The van der Waals surface area contributed by atoms with Crippen LogP contribution in [0, 0.1) is 6.92 Å². The number of amides is 1. The maximum Gasteiger partial charge on any atom is 0.416 e. The predicted molar refractivity (Wildman–Crippen MR) is 91.6 cm³/mol. The van der Waals surface area contributed by atoms with Gasteiger partial charge in [-0.25, -0.2) is 4.79 Å². The Morgan fingerprint density at radius 3 is 2.54 bits per heavy atom. The van der Waals surface area contributed by atoms with Crippen LogP contribution in [0.25, 0.3) is 11.0 Å². The molecule has 0 aliphatic carbocycles. The average molecular weight is 382 g/mol. The Morgan fingerprint density at radius 1 is 1.12 bits per heavy atom. The fourth-order valence-electron chi connectivity index (χ4n) is 2.39. The van der Waals surface area contributed by atoms with E-state index < -0.39 is 23.3 Å². The molecule has 26 heavy (non-hydrogen) atoms. The van der Waals surface area contributed by atoms with Crippen LogP contribution in [0.4, 0.5) is 18.9 Å². The van der Waals surface area contributed by atoms with Crippen LogP contribution in [0.3, 0.4) is 0 Å². The highest BCUT2D eigenvalue weighted by Gasteiger charge is 2.31. The second-order valence-corrected chi connectivity index (χ2v) is 6.04. The summed E-state index contributed by atoms with van der Waals surface area (Å²) >= 11 is 5.85. The summed E-state index contributed by atoms with van der Waals surface area (Å²) in [5, 5.41) is 2.66. The van der Waals surface area contributed by atoms with Crippen molar-refractivity contribution in [3.8, 4) is 0 Å². The molecule has 1 heterocycles. The summed E-state index contributed by atoms with van der Waals surface area (Å²) in [5.74, 6) is -0.914. The smallest absolute Gasteiger partial charge is 0.416 e. The molecule has 2 aromatic carbocycles. The van der Waals surface area contributed by atoms with Gasteiger partial charge in [-0.1, -0.05) is 23.2 Å². The van der Waals surface area contributed by atoms with Gasteiger partial charge in [0.05, 0.1) is 16.3 Å². The third kappa shape index (κ3) is 3.57. The first-order valence-corrected chi connectivity index (χ1v) is 7.75. The average Bonchev–Trinajstić information content (AvgIpc) is 2.55. The predicted octanol–water partition coefficient (Wildman–Crippen LogP) is 5.03. The quantitative estimate of drug-likeness (QED) is 0.634. The lowest BCUT2D eigenvalue weighted by Crippen LogP contribution is -2.21. The molecule has 0 fully saturated rings. The molecule has 0 spiro atoms. The first-order chi connectivity index (χ1) is 12.1. The number of alkyl halides is 3. The van der Waals surface area contributed by atoms with Gasteiger partial charge in [0.2, 0.25) is 0 Å². The number of halogens is 4. The molecule has 0 radical (unpaired) electrons. The topological polar surface area (TPSA) is 59.3 Å². The molecule has 4 nitrogen and oxygen atoms in total. The molecule has 0 aliphatic heterocycles. The van der Waals surface area contributed by atoms with E-state index in [-0.39, 0.29) is 16.3 Å². The van der Waals surface area contributed by atoms with Crippen LogP contribution >= 0.6 is 11.6 Å². The van der Waals surface area contributed by atoms with E-state index in [4.69, 9.17) is 16.0 Å². The first-order valence-electron chi connectivity index (χ1n) is 7.38. The monoisotopic (exact) mass is 381 g/mol. The molecule has 134 valence electrons. The van der Waals surface area contributed by atoms with E-state index in [0.29, 0.717) is 17.0 Å². The summed E-state index contributed by atoms with van der Waals surface area (Å²) < 4.78 is 43.5. The molecule has 1 N–H and O–H groups in total. The maximum absolute atomic E-state index is 12.8. The molecule has 0 atom stereocenters.